The number of hydrogen-bond acceptors (Lipinski definition) is 2. The molecule has 1 amide bonds. The zero-order chi connectivity index (χ0) is 13.0. The number of carbonyl (C=O) groups is 1. The molecule has 1 saturated carbocycles. The molecule has 1 heterocycles. The van der Waals surface area contributed by atoms with Crippen LogP contribution in [0.15, 0.2) is 11.6 Å². The van der Waals surface area contributed by atoms with Crippen molar-refractivity contribution in [3.05, 3.63) is 11.6 Å². The Morgan fingerprint density at radius 2 is 2.00 bits per heavy atom. The summed E-state index contributed by atoms with van der Waals surface area (Å²) in [6.07, 6.45) is 8.15. The lowest BCUT2D eigenvalue weighted by Gasteiger charge is -2.33. The zero-order valence-corrected chi connectivity index (χ0v) is 11.7. The van der Waals surface area contributed by atoms with Crippen molar-refractivity contribution in [1.29, 1.82) is 0 Å². The normalized spacial score (nSPS) is 23.6. The Balaban J connectivity index is 1.91. The minimum Gasteiger partial charge on any atom is -0.376 e. The quantitative estimate of drug-likeness (QED) is 0.703. The smallest absolute Gasteiger partial charge is 0.246 e. The van der Waals surface area contributed by atoms with E-state index in [0.29, 0.717) is 0 Å². The van der Waals surface area contributed by atoms with E-state index in [1.54, 1.807) is 6.08 Å². The molecule has 0 bridgehead atoms. The van der Waals surface area contributed by atoms with Gasteiger partial charge in [0.15, 0.2) is 0 Å². The van der Waals surface area contributed by atoms with Gasteiger partial charge in [-0.3, -0.25) is 4.79 Å². The molecule has 0 aromatic carbocycles. The van der Waals surface area contributed by atoms with E-state index >= 15 is 0 Å². The number of carbonyl (C=O) groups excluding carboxylic acids is 1. The maximum Gasteiger partial charge on any atom is 0.246 e. The molecule has 3 heteroatoms. The summed E-state index contributed by atoms with van der Waals surface area (Å²) in [6.45, 7) is 6.51. The van der Waals surface area contributed by atoms with Crippen LogP contribution in [0.2, 0.25) is 0 Å². The Kier molecular flexibility index (Phi) is 4.81. The molecular weight excluding hydrogens is 226 g/mol. The van der Waals surface area contributed by atoms with E-state index in [2.05, 4.69) is 0 Å². The van der Waals surface area contributed by atoms with Crippen LogP contribution in [0, 0.1) is 5.92 Å². The maximum absolute atomic E-state index is 12.2. The molecule has 1 atom stereocenters. The van der Waals surface area contributed by atoms with E-state index in [-0.39, 0.29) is 12.0 Å². The van der Waals surface area contributed by atoms with E-state index in [1.165, 1.54) is 19.3 Å². The molecule has 1 saturated heterocycles. The average molecular weight is 251 g/mol. The van der Waals surface area contributed by atoms with E-state index in [9.17, 15) is 4.79 Å². The second-order valence-electron chi connectivity index (χ2n) is 5.90. The Morgan fingerprint density at radius 1 is 1.22 bits per heavy atom. The van der Waals surface area contributed by atoms with Gasteiger partial charge in [0.25, 0.3) is 0 Å². The number of ether oxygens (including phenoxy) is 1. The van der Waals surface area contributed by atoms with Gasteiger partial charge in [-0.15, -0.1) is 0 Å². The minimum atomic E-state index is 0.164. The average Bonchev–Trinajstić information content (AvgIpc) is 2.72. The third-order valence-electron chi connectivity index (χ3n) is 3.88. The molecule has 3 nitrogen and oxygen atoms in total. The van der Waals surface area contributed by atoms with Crippen LogP contribution in [0.3, 0.4) is 0 Å². The third kappa shape index (κ3) is 3.84. The summed E-state index contributed by atoms with van der Waals surface area (Å²) >= 11 is 0. The van der Waals surface area contributed by atoms with Gasteiger partial charge < -0.3 is 9.64 Å². The van der Waals surface area contributed by atoms with Crippen molar-refractivity contribution in [3.63, 3.8) is 0 Å². The maximum atomic E-state index is 12.2. The molecule has 1 aliphatic carbocycles. The van der Waals surface area contributed by atoms with Gasteiger partial charge in [0.05, 0.1) is 6.10 Å². The number of hydrogen-bond donors (Lipinski definition) is 0. The first-order valence-electron chi connectivity index (χ1n) is 7.20. The lowest BCUT2D eigenvalue weighted by Crippen LogP contribution is -2.41. The fraction of sp³-hybridized carbons (Fsp3) is 0.800. The summed E-state index contributed by atoms with van der Waals surface area (Å²) in [5.41, 5.74) is 1.07. The van der Waals surface area contributed by atoms with E-state index in [1.807, 2.05) is 18.7 Å². The van der Waals surface area contributed by atoms with Crippen LogP contribution in [-0.2, 0) is 9.53 Å². The van der Waals surface area contributed by atoms with Crippen LogP contribution in [0.25, 0.3) is 0 Å². The Hall–Kier alpha value is -0.830. The summed E-state index contributed by atoms with van der Waals surface area (Å²) in [4.78, 5) is 14.2. The molecule has 0 N–H and O–H groups in total. The molecule has 18 heavy (non-hydrogen) atoms. The molecule has 0 radical (unpaired) electrons. The highest BCUT2D eigenvalue weighted by molar-refractivity contribution is 5.88. The highest BCUT2D eigenvalue weighted by Crippen LogP contribution is 2.27. The Morgan fingerprint density at radius 3 is 2.50 bits per heavy atom. The van der Waals surface area contributed by atoms with Crippen LogP contribution < -0.4 is 0 Å². The Bertz CT molecular complexity index is 310. The van der Waals surface area contributed by atoms with E-state index in [0.717, 1.165) is 44.0 Å². The van der Waals surface area contributed by atoms with Gasteiger partial charge in [0.2, 0.25) is 5.91 Å². The van der Waals surface area contributed by atoms with Crippen LogP contribution in [0.4, 0.5) is 0 Å². The van der Waals surface area contributed by atoms with Crippen molar-refractivity contribution in [2.45, 2.75) is 52.1 Å². The van der Waals surface area contributed by atoms with Gasteiger partial charge in [-0.05, 0) is 45.4 Å². The summed E-state index contributed by atoms with van der Waals surface area (Å²) in [7, 11) is 0. The van der Waals surface area contributed by atoms with Crippen molar-refractivity contribution in [1.82, 2.24) is 4.90 Å². The fourth-order valence-electron chi connectivity index (χ4n) is 2.61. The van der Waals surface area contributed by atoms with Gasteiger partial charge in [-0.25, -0.2) is 0 Å². The molecule has 2 aliphatic rings. The van der Waals surface area contributed by atoms with Crippen LogP contribution in [-0.4, -0.2) is 36.6 Å². The lowest BCUT2D eigenvalue weighted by atomic mass is 9.85. The molecule has 0 aromatic rings. The summed E-state index contributed by atoms with van der Waals surface area (Å²) in [5.74, 6) is 0.887. The number of amides is 1. The first-order chi connectivity index (χ1) is 8.65. The predicted molar refractivity (Wildman–Crippen MR) is 72.3 cm³/mol. The van der Waals surface area contributed by atoms with Gasteiger partial charge >= 0.3 is 0 Å². The fourth-order valence-corrected chi connectivity index (χ4v) is 2.61. The monoisotopic (exact) mass is 251 g/mol. The highest BCUT2D eigenvalue weighted by atomic mass is 16.5. The zero-order valence-electron chi connectivity index (χ0n) is 11.7. The largest absolute Gasteiger partial charge is 0.376 e. The van der Waals surface area contributed by atoms with Gasteiger partial charge in [0.1, 0.15) is 0 Å². The van der Waals surface area contributed by atoms with E-state index < -0.39 is 0 Å². The molecule has 2 rings (SSSR count). The van der Waals surface area contributed by atoms with Crippen LogP contribution in [0.5, 0.6) is 0 Å². The van der Waals surface area contributed by atoms with Gasteiger partial charge in [-0.2, -0.15) is 0 Å². The van der Waals surface area contributed by atoms with E-state index in [4.69, 9.17) is 4.74 Å². The second kappa shape index (κ2) is 6.37. The molecule has 0 spiro atoms. The van der Waals surface area contributed by atoms with Crippen molar-refractivity contribution in [3.8, 4) is 0 Å². The van der Waals surface area contributed by atoms with Crippen molar-refractivity contribution < 1.29 is 9.53 Å². The van der Waals surface area contributed by atoms with Gasteiger partial charge in [-0.1, -0.05) is 12.0 Å². The number of allylic oxidation sites excluding steroid dienone is 1. The highest BCUT2D eigenvalue weighted by Gasteiger charge is 2.26. The third-order valence-corrected chi connectivity index (χ3v) is 3.88. The topological polar surface area (TPSA) is 29.5 Å². The molecule has 0 aromatic heterocycles. The molecule has 102 valence electrons. The minimum absolute atomic E-state index is 0.164. The SMILES string of the molecule is CC(C)=CC(=O)N(CC1CCC1)CC1CCCO1. The predicted octanol–water partition coefficient (Wildman–Crippen LogP) is 2.76. The van der Waals surface area contributed by atoms with Crippen molar-refractivity contribution >= 4 is 5.91 Å². The molecule has 1 unspecified atom stereocenters. The van der Waals surface area contributed by atoms with Gasteiger partial charge in [0, 0.05) is 25.8 Å². The molecule has 2 fully saturated rings. The molecular formula is C15H25NO2. The summed E-state index contributed by atoms with van der Waals surface area (Å²) in [5, 5.41) is 0. The number of rotatable bonds is 5. The second-order valence-corrected chi connectivity index (χ2v) is 5.90. The van der Waals surface area contributed by atoms with Crippen LogP contribution >= 0.6 is 0 Å². The van der Waals surface area contributed by atoms with Crippen molar-refractivity contribution in [2.24, 2.45) is 5.92 Å². The standard InChI is InChI=1S/C15H25NO2/c1-12(2)9-15(17)16(10-13-5-3-6-13)11-14-7-4-8-18-14/h9,13-14H,3-8,10-11H2,1-2H3. The summed E-state index contributed by atoms with van der Waals surface area (Å²) in [6, 6.07) is 0. The summed E-state index contributed by atoms with van der Waals surface area (Å²) < 4.78 is 5.66. The number of nitrogens with zero attached hydrogens (tertiary/aromatic N) is 1. The molecule has 1 aliphatic heterocycles. The Labute approximate surface area is 110 Å². The lowest BCUT2D eigenvalue weighted by molar-refractivity contribution is -0.128. The first-order valence-corrected chi connectivity index (χ1v) is 7.20. The first kappa shape index (κ1) is 13.6. The van der Waals surface area contributed by atoms with Crippen molar-refractivity contribution in [2.75, 3.05) is 19.7 Å². The van der Waals surface area contributed by atoms with Crippen LogP contribution in [0.1, 0.15) is 46.0 Å².